The molecule has 0 saturated carbocycles. The number of amides is 1. The van der Waals surface area contributed by atoms with Crippen LogP contribution in [-0.4, -0.2) is 20.8 Å². The first-order chi connectivity index (χ1) is 8.27. The lowest BCUT2D eigenvalue weighted by molar-refractivity contribution is 0.0996. The molecule has 2 N–H and O–H groups in total. The summed E-state index contributed by atoms with van der Waals surface area (Å²) in [5.41, 5.74) is 6.96. The third-order valence-electron chi connectivity index (χ3n) is 2.48. The van der Waals surface area contributed by atoms with E-state index < -0.39 is 5.91 Å². The molecule has 0 radical (unpaired) electrons. The molecule has 0 aliphatic heterocycles. The minimum Gasteiger partial charge on any atom is -0.364 e. The molecule has 84 valence electrons. The van der Waals surface area contributed by atoms with Gasteiger partial charge in [0.25, 0.3) is 5.91 Å². The highest BCUT2D eigenvalue weighted by molar-refractivity contribution is 6.04. The van der Waals surface area contributed by atoms with E-state index in [1.165, 1.54) is 12.5 Å². The number of para-hydroxylation sites is 1. The van der Waals surface area contributed by atoms with E-state index in [0.29, 0.717) is 11.1 Å². The fourth-order valence-electron chi connectivity index (χ4n) is 1.75. The zero-order chi connectivity index (χ0) is 11.8. The van der Waals surface area contributed by atoms with E-state index in [0.717, 1.165) is 5.52 Å². The van der Waals surface area contributed by atoms with E-state index >= 15 is 0 Å². The van der Waals surface area contributed by atoms with Crippen LogP contribution in [0.1, 0.15) is 10.5 Å². The van der Waals surface area contributed by atoms with Crippen LogP contribution in [0.3, 0.4) is 0 Å². The largest absolute Gasteiger partial charge is 0.364 e. The van der Waals surface area contributed by atoms with Gasteiger partial charge in [0.05, 0.1) is 11.7 Å². The number of hydrogen-bond acceptors (Lipinski definition) is 4. The number of carbonyl (C=O) groups is 1. The van der Waals surface area contributed by atoms with Crippen molar-refractivity contribution in [1.29, 1.82) is 0 Å². The van der Waals surface area contributed by atoms with Crippen molar-refractivity contribution in [3.05, 3.63) is 42.4 Å². The van der Waals surface area contributed by atoms with Crippen molar-refractivity contribution < 1.29 is 9.32 Å². The van der Waals surface area contributed by atoms with Crippen molar-refractivity contribution in [3.8, 4) is 5.69 Å². The summed E-state index contributed by atoms with van der Waals surface area (Å²) in [5, 5.41) is 8.49. The van der Waals surface area contributed by atoms with E-state index in [1.54, 1.807) is 10.7 Å². The number of rotatable bonds is 2. The first-order valence-corrected chi connectivity index (χ1v) is 4.94. The van der Waals surface area contributed by atoms with Gasteiger partial charge in [0.2, 0.25) is 0 Å². The predicted octanol–water partition coefficient (Wildman–Crippen LogP) is 1.11. The van der Waals surface area contributed by atoms with Crippen LogP contribution in [0.4, 0.5) is 0 Å². The molecule has 1 amide bonds. The van der Waals surface area contributed by atoms with Gasteiger partial charge in [-0.15, -0.1) is 0 Å². The normalized spacial score (nSPS) is 10.8. The Kier molecular flexibility index (Phi) is 1.94. The van der Waals surface area contributed by atoms with Crippen molar-refractivity contribution >= 4 is 16.8 Å². The smallest absolute Gasteiger partial charge is 0.269 e. The lowest BCUT2D eigenvalue weighted by Crippen LogP contribution is -2.12. The average Bonchev–Trinajstić information content (AvgIpc) is 2.95. The lowest BCUT2D eigenvalue weighted by atomic mass is 10.2. The van der Waals surface area contributed by atoms with Crippen LogP contribution >= 0.6 is 0 Å². The van der Waals surface area contributed by atoms with Crippen molar-refractivity contribution in [3.63, 3.8) is 0 Å². The molecule has 0 fully saturated rings. The molecule has 17 heavy (non-hydrogen) atoms. The number of aromatic nitrogens is 3. The van der Waals surface area contributed by atoms with E-state index in [1.807, 2.05) is 18.2 Å². The molecule has 6 nitrogen and oxygen atoms in total. The Labute approximate surface area is 95.6 Å². The highest BCUT2D eigenvalue weighted by Gasteiger charge is 2.15. The van der Waals surface area contributed by atoms with Crippen LogP contribution in [0, 0.1) is 0 Å². The third kappa shape index (κ3) is 1.38. The van der Waals surface area contributed by atoms with E-state index in [2.05, 4.69) is 10.3 Å². The van der Waals surface area contributed by atoms with Gasteiger partial charge in [-0.25, -0.2) is 4.68 Å². The zero-order valence-electron chi connectivity index (χ0n) is 8.70. The maximum Gasteiger partial charge on any atom is 0.269 e. The summed E-state index contributed by atoms with van der Waals surface area (Å²) >= 11 is 0. The fourth-order valence-corrected chi connectivity index (χ4v) is 1.75. The summed E-state index contributed by atoms with van der Waals surface area (Å²) in [6.07, 6.45) is 2.97. The maximum atomic E-state index is 11.3. The van der Waals surface area contributed by atoms with Gasteiger partial charge in [-0.3, -0.25) is 4.79 Å². The first-order valence-electron chi connectivity index (χ1n) is 4.94. The molecule has 2 heterocycles. The molecule has 0 saturated heterocycles. The molecule has 0 unspecified atom stereocenters. The highest BCUT2D eigenvalue weighted by Crippen LogP contribution is 2.21. The van der Waals surface area contributed by atoms with Crippen molar-refractivity contribution in [2.45, 2.75) is 0 Å². The average molecular weight is 228 g/mol. The van der Waals surface area contributed by atoms with Crippen molar-refractivity contribution in [2.24, 2.45) is 5.73 Å². The summed E-state index contributed by atoms with van der Waals surface area (Å²) in [6.45, 7) is 0. The Morgan fingerprint density at radius 2 is 2.18 bits per heavy atom. The Hall–Kier alpha value is -2.63. The Bertz CT molecular complexity index is 685. The lowest BCUT2D eigenvalue weighted by Gasteiger charge is -1.96. The van der Waals surface area contributed by atoms with Gasteiger partial charge in [-0.1, -0.05) is 23.4 Å². The fraction of sp³-hybridized carbons (Fsp3) is 0. The van der Waals surface area contributed by atoms with Gasteiger partial charge in [0.15, 0.2) is 5.69 Å². The van der Waals surface area contributed by atoms with Crippen LogP contribution in [0.2, 0.25) is 0 Å². The molecule has 1 aromatic carbocycles. The minimum absolute atomic E-state index is 0.238. The second-order valence-corrected chi connectivity index (χ2v) is 3.52. The second kappa shape index (κ2) is 3.44. The molecular formula is C11H8N4O2. The van der Waals surface area contributed by atoms with Crippen LogP contribution in [0.25, 0.3) is 16.6 Å². The van der Waals surface area contributed by atoms with Crippen LogP contribution in [-0.2, 0) is 0 Å². The Morgan fingerprint density at radius 3 is 2.88 bits per heavy atom. The Morgan fingerprint density at radius 1 is 1.35 bits per heavy atom. The zero-order valence-corrected chi connectivity index (χ0v) is 8.70. The van der Waals surface area contributed by atoms with E-state index in [-0.39, 0.29) is 5.69 Å². The summed E-state index contributed by atoms with van der Waals surface area (Å²) in [4.78, 5) is 11.3. The van der Waals surface area contributed by atoms with E-state index in [4.69, 9.17) is 10.3 Å². The molecule has 6 heteroatoms. The molecule has 0 aliphatic rings. The van der Waals surface area contributed by atoms with Gasteiger partial charge in [-0.2, -0.15) is 5.10 Å². The minimum atomic E-state index is -0.559. The monoisotopic (exact) mass is 228 g/mol. The first kappa shape index (κ1) is 9.59. The van der Waals surface area contributed by atoms with Crippen molar-refractivity contribution in [1.82, 2.24) is 14.9 Å². The summed E-state index contributed by atoms with van der Waals surface area (Å²) < 4.78 is 6.34. The third-order valence-corrected chi connectivity index (χ3v) is 2.48. The Balaban J connectivity index is 2.37. The van der Waals surface area contributed by atoms with E-state index in [9.17, 15) is 4.79 Å². The number of hydrogen-bond donors (Lipinski definition) is 1. The van der Waals surface area contributed by atoms with Crippen LogP contribution in [0.5, 0.6) is 0 Å². The molecule has 3 aromatic rings. The highest BCUT2D eigenvalue weighted by atomic mass is 16.5. The van der Waals surface area contributed by atoms with Crippen molar-refractivity contribution in [2.75, 3.05) is 0 Å². The molecular weight excluding hydrogens is 220 g/mol. The van der Waals surface area contributed by atoms with Crippen LogP contribution in [0.15, 0.2) is 41.2 Å². The predicted molar refractivity (Wildman–Crippen MR) is 59.6 cm³/mol. The number of nitrogens with zero attached hydrogens (tertiary/aromatic N) is 3. The summed E-state index contributed by atoms with van der Waals surface area (Å²) in [5.74, 6) is -0.559. The maximum absolute atomic E-state index is 11.3. The number of nitrogens with two attached hydrogens (primary N) is 1. The van der Waals surface area contributed by atoms with Crippen LogP contribution < -0.4 is 5.73 Å². The van der Waals surface area contributed by atoms with Gasteiger partial charge < -0.3 is 10.3 Å². The number of fused-ring (bicyclic) bond motifs is 1. The number of carbonyl (C=O) groups excluding carboxylic acids is 1. The molecule has 2 aromatic heterocycles. The van der Waals surface area contributed by atoms with Gasteiger partial charge >= 0.3 is 0 Å². The molecule has 0 aliphatic carbocycles. The standard InChI is InChI=1S/C11H8N4O2/c12-11(16)10-8-3-1-2-4-9(8)15(14-10)7-5-13-17-6-7/h1-6H,(H2,12,16). The SMILES string of the molecule is NC(=O)c1nn(-c2cnoc2)c2ccccc12. The van der Waals surface area contributed by atoms with Gasteiger partial charge in [0.1, 0.15) is 12.0 Å². The molecule has 0 spiro atoms. The number of benzene rings is 1. The second-order valence-electron chi connectivity index (χ2n) is 3.52. The summed E-state index contributed by atoms with van der Waals surface area (Å²) in [7, 11) is 0. The van der Waals surface area contributed by atoms with Gasteiger partial charge in [-0.05, 0) is 6.07 Å². The topological polar surface area (TPSA) is 86.9 Å². The quantitative estimate of drug-likeness (QED) is 0.711. The number of primary amides is 1. The van der Waals surface area contributed by atoms with Gasteiger partial charge in [0, 0.05) is 5.39 Å². The summed E-state index contributed by atoms with van der Waals surface area (Å²) in [6, 6.07) is 7.33. The molecule has 0 atom stereocenters. The molecule has 0 bridgehead atoms. The molecule has 3 rings (SSSR count).